The number of fused-ring (bicyclic) bond motifs is 1. The number of alkyl halides is 2. The standard InChI is InChI=1S/C18H17ClF2N4O5S/c1-30-12-5-3-11(4-6-12)9-24(31(2,28)29)18-16-13(19)7-8-14(25(26)27)17(16)23(22-18)10-15(20)21/h3-8,15H,9-10H2,1-2H3. The summed E-state index contributed by atoms with van der Waals surface area (Å²) in [5.41, 5.74) is -0.253. The summed E-state index contributed by atoms with van der Waals surface area (Å²) >= 11 is 6.22. The molecular weight excluding hydrogens is 458 g/mol. The Labute approximate surface area is 181 Å². The van der Waals surface area contributed by atoms with E-state index in [1.807, 2.05) is 0 Å². The Balaban J connectivity index is 2.25. The minimum absolute atomic E-state index is 0.0560. The van der Waals surface area contributed by atoms with Gasteiger partial charge in [0.15, 0.2) is 5.82 Å². The molecule has 0 radical (unpaired) electrons. The smallest absolute Gasteiger partial charge is 0.295 e. The van der Waals surface area contributed by atoms with Gasteiger partial charge in [0.2, 0.25) is 10.0 Å². The monoisotopic (exact) mass is 474 g/mol. The van der Waals surface area contributed by atoms with Crippen LogP contribution in [0.15, 0.2) is 36.4 Å². The first kappa shape index (κ1) is 22.7. The predicted molar refractivity (Wildman–Crippen MR) is 111 cm³/mol. The topological polar surface area (TPSA) is 108 Å². The van der Waals surface area contributed by atoms with Gasteiger partial charge in [-0.2, -0.15) is 5.10 Å². The number of benzene rings is 2. The first-order chi connectivity index (χ1) is 14.5. The third-order valence-electron chi connectivity index (χ3n) is 4.43. The summed E-state index contributed by atoms with van der Waals surface area (Å²) < 4.78 is 58.1. The van der Waals surface area contributed by atoms with Crippen molar-refractivity contribution < 1.29 is 26.9 Å². The van der Waals surface area contributed by atoms with Gasteiger partial charge in [-0.3, -0.25) is 10.1 Å². The Kier molecular flexibility index (Phi) is 6.32. The Bertz CT molecular complexity index is 1230. The number of nitro groups is 1. The molecule has 1 heterocycles. The molecule has 0 fully saturated rings. The van der Waals surface area contributed by atoms with Gasteiger partial charge in [-0.15, -0.1) is 0 Å². The van der Waals surface area contributed by atoms with E-state index in [1.165, 1.54) is 13.2 Å². The lowest BCUT2D eigenvalue weighted by Gasteiger charge is -2.20. The SMILES string of the molecule is COc1ccc(CN(c2nn(CC(F)F)c3c([N+](=O)[O-])ccc(Cl)c23)S(C)(=O)=O)cc1. The molecule has 0 unspecified atom stereocenters. The van der Waals surface area contributed by atoms with E-state index < -0.39 is 33.6 Å². The van der Waals surface area contributed by atoms with Crippen molar-refractivity contribution in [2.24, 2.45) is 0 Å². The van der Waals surface area contributed by atoms with E-state index in [2.05, 4.69) is 5.10 Å². The molecule has 0 aliphatic rings. The summed E-state index contributed by atoms with van der Waals surface area (Å²) in [6.45, 7) is -1.18. The number of hydrogen-bond donors (Lipinski definition) is 0. The fourth-order valence-corrected chi connectivity index (χ4v) is 4.14. The van der Waals surface area contributed by atoms with Gasteiger partial charge in [-0.05, 0) is 23.8 Å². The predicted octanol–water partition coefficient (Wildman–Crippen LogP) is 3.84. The Morgan fingerprint density at radius 1 is 1.26 bits per heavy atom. The lowest BCUT2D eigenvalue weighted by molar-refractivity contribution is -0.383. The second-order valence-corrected chi connectivity index (χ2v) is 8.88. The van der Waals surface area contributed by atoms with Gasteiger partial charge in [-0.1, -0.05) is 23.7 Å². The van der Waals surface area contributed by atoms with Crippen molar-refractivity contribution in [1.29, 1.82) is 0 Å². The Morgan fingerprint density at radius 2 is 1.90 bits per heavy atom. The molecule has 0 bridgehead atoms. The third-order valence-corrected chi connectivity index (χ3v) is 5.85. The average molecular weight is 475 g/mol. The molecule has 2 aromatic carbocycles. The van der Waals surface area contributed by atoms with E-state index >= 15 is 0 Å². The van der Waals surface area contributed by atoms with Gasteiger partial charge in [0.25, 0.3) is 12.1 Å². The van der Waals surface area contributed by atoms with Crippen LogP contribution in [0.5, 0.6) is 5.75 Å². The van der Waals surface area contributed by atoms with Crippen LogP contribution in [-0.4, -0.2) is 42.9 Å². The van der Waals surface area contributed by atoms with Crippen molar-refractivity contribution in [2.45, 2.75) is 19.5 Å². The molecular formula is C18H17ClF2N4O5S. The molecule has 0 spiro atoms. The lowest BCUT2D eigenvalue weighted by atomic mass is 10.2. The number of halogens is 3. The summed E-state index contributed by atoms with van der Waals surface area (Å²) in [5, 5.41) is 15.3. The van der Waals surface area contributed by atoms with Crippen molar-refractivity contribution in [3.8, 4) is 5.75 Å². The van der Waals surface area contributed by atoms with Crippen LogP contribution in [0, 0.1) is 10.1 Å². The van der Waals surface area contributed by atoms with E-state index in [-0.39, 0.29) is 28.3 Å². The van der Waals surface area contributed by atoms with Crippen LogP contribution in [-0.2, 0) is 23.1 Å². The first-order valence-corrected chi connectivity index (χ1v) is 11.0. The highest BCUT2D eigenvalue weighted by atomic mass is 35.5. The maximum Gasteiger partial charge on any atom is 0.295 e. The molecule has 9 nitrogen and oxygen atoms in total. The quantitative estimate of drug-likeness (QED) is 0.362. The Morgan fingerprint density at radius 3 is 2.42 bits per heavy atom. The summed E-state index contributed by atoms with van der Waals surface area (Å²) in [6.07, 6.45) is -1.97. The van der Waals surface area contributed by atoms with Crippen molar-refractivity contribution >= 4 is 44.0 Å². The number of non-ortho nitro benzene ring substituents is 1. The maximum absolute atomic E-state index is 13.1. The molecule has 1 aromatic heterocycles. The van der Waals surface area contributed by atoms with Gasteiger partial charge in [0, 0.05) is 6.07 Å². The molecule has 0 aliphatic carbocycles. The van der Waals surface area contributed by atoms with Crippen LogP contribution in [0.3, 0.4) is 0 Å². The average Bonchev–Trinajstić information content (AvgIpc) is 3.04. The highest BCUT2D eigenvalue weighted by Crippen LogP contribution is 2.39. The van der Waals surface area contributed by atoms with Gasteiger partial charge < -0.3 is 4.74 Å². The molecule has 0 atom stereocenters. The normalized spacial score (nSPS) is 11.8. The number of rotatable bonds is 8. The molecule has 3 rings (SSSR count). The molecule has 166 valence electrons. The highest BCUT2D eigenvalue weighted by Gasteiger charge is 2.30. The number of ether oxygens (including phenoxy) is 1. The van der Waals surface area contributed by atoms with Gasteiger partial charge in [0.05, 0.1) is 35.2 Å². The van der Waals surface area contributed by atoms with Gasteiger partial charge >= 0.3 is 0 Å². The summed E-state index contributed by atoms with van der Waals surface area (Å²) in [6, 6.07) is 8.77. The number of nitrogens with zero attached hydrogens (tertiary/aromatic N) is 4. The number of nitro benzene ring substituents is 1. The molecule has 31 heavy (non-hydrogen) atoms. The first-order valence-electron chi connectivity index (χ1n) is 8.75. The second-order valence-electron chi connectivity index (χ2n) is 6.56. The van der Waals surface area contributed by atoms with Crippen LogP contribution in [0.1, 0.15) is 5.56 Å². The van der Waals surface area contributed by atoms with Crippen LogP contribution in [0.4, 0.5) is 20.3 Å². The maximum atomic E-state index is 13.1. The Hall–Kier alpha value is -2.99. The minimum Gasteiger partial charge on any atom is -0.497 e. The van der Waals surface area contributed by atoms with Crippen molar-refractivity contribution in [2.75, 3.05) is 17.7 Å². The highest BCUT2D eigenvalue weighted by molar-refractivity contribution is 7.92. The minimum atomic E-state index is -3.98. The molecule has 3 aromatic rings. The van der Waals surface area contributed by atoms with Crippen LogP contribution >= 0.6 is 11.6 Å². The van der Waals surface area contributed by atoms with E-state index in [0.29, 0.717) is 16.0 Å². The zero-order valence-corrected chi connectivity index (χ0v) is 17.9. The van der Waals surface area contributed by atoms with E-state index in [0.717, 1.165) is 16.6 Å². The number of anilines is 1. The number of sulfonamides is 1. The molecule has 0 saturated carbocycles. The van der Waals surface area contributed by atoms with E-state index in [4.69, 9.17) is 16.3 Å². The number of aromatic nitrogens is 2. The van der Waals surface area contributed by atoms with Crippen molar-refractivity contribution in [1.82, 2.24) is 9.78 Å². The lowest BCUT2D eigenvalue weighted by Crippen LogP contribution is -2.30. The number of methoxy groups -OCH3 is 1. The molecule has 13 heteroatoms. The zero-order chi connectivity index (χ0) is 22.9. The summed E-state index contributed by atoms with van der Waals surface area (Å²) in [4.78, 5) is 10.7. The molecule has 0 aliphatic heterocycles. The second kappa shape index (κ2) is 8.63. The van der Waals surface area contributed by atoms with E-state index in [9.17, 15) is 27.3 Å². The molecule has 0 saturated heterocycles. The fraction of sp³-hybridized carbons (Fsp3) is 0.278. The van der Waals surface area contributed by atoms with Gasteiger partial charge in [0.1, 0.15) is 17.8 Å². The van der Waals surface area contributed by atoms with Crippen molar-refractivity contribution in [3.63, 3.8) is 0 Å². The van der Waals surface area contributed by atoms with Gasteiger partial charge in [-0.25, -0.2) is 26.2 Å². The summed E-state index contributed by atoms with van der Waals surface area (Å²) in [5.74, 6) is 0.280. The fourth-order valence-electron chi connectivity index (χ4n) is 3.07. The largest absolute Gasteiger partial charge is 0.497 e. The van der Waals surface area contributed by atoms with Crippen molar-refractivity contribution in [3.05, 3.63) is 57.1 Å². The molecule has 0 N–H and O–H groups in total. The van der Waals surface area contributed by atoms with Crippen LogP contribution in [0.25, 0.3) is 10.9 Å². The van der Waals surface area contributed by atoms with E-state index in [1.54, 1.807) is 24.3 Å². The summed E-state index contributed by atoms with van der Waals surface area (Å²) in [7, 11) is -2.50. The third kappa shape index (κ3) is 4.69. The molecule has 0 amide bonds. The van der Waals surface area contributed by atoms with Crippen LogP contribution in [0.2, 0.25) is 5.02 Å². The number of hydrogen-bond acceptors (Lipinski definition) is 6. The zero-order valence-electron chi connectivity index (χ0n) is 16.3. The van der Waals surface area contributed by atoms with Crippen LogP contribution < -0.4 is 9.04 Å².